The second-order valence-corrected chi connectivity index (χ2v) is 8.32. The van der Waals surface area contributed by atoms with Gasteiger partial charge in [-0.3, -0.25) is 0 Å². The largest absolute Gasteiger partial charge is 0.495 e. The molecule has 0 unspecified atom stereocenters. The van der Waals surface area contributed by atoms with E-state index in [4.69, 9.17) is 4.74 Å². The lowest BCUT2D eigenvalue weighted by Crippen LogP contribution is -2.51. The lowest BCUT2D eigenvalue weighted by Gasteiger charge is -2.54. The first kappa shape index (κ1) is 13.9. The van der Waals surface area contributed by atoms with Crippen molar-refractivity contribution in [1.82, 2.24) is 0 Å². The number of methoxy groups -OCH3 is 1. The number of anilines is 1. The third kappa shape index (κ3) is 2.38. The van der Waals surface area contributed by atoms with Gasteiger partial charge in [0.25, 0.3) is 0 Å². The van der Waals surface area contributed by atoms with Crippen molar-refractivity contribution in [3.63, 3.8) is 0 Å². The molecule has 0 aliphatic heterocycles. The molecule has 0 atom stereocenters. The molecule has 4 fully saturated rings. The molecule has 0 amide bonds. The highest BCUT2D eigenvalue weighted by Gasteiger charge is 2.48. The second kappa shape index (κ2) is 5.19. The van der Waals surface area contributed by atoms with Gasteiger partial charge in [0.15, 0.2) is 0 Å². The molecule has 5 rings (SSSR count). The lowest BCUT2D eigenvalue weighted by atomic mass is 9.54. The van der Waals surface area contributed by atoms with Crippen molar-refractivity contribution in [3.05, 3.63) is 22.2 Å². The number of rotatable bonds is 3. The van der Waals surface area contributed by atoms with Crippen LogP contribution in [0, 0.1) is 30.6 Å². The molecular weight excluding hydrogens is 326 g/mol. The number of nitrogens with one attached hydrogen (secondary N) is 1. The number of hydrogen-bond donors (Lipinski definition) is 1. The molecule has 1 aromatic rings. The Morgan fingerprint density at radius 1 is 1.05 bits per heavy atom. The molecular formula is C18H24BrNO. The fourth-order valence-corrected chi connectivity index (χ4v) is 5.94. The summed E-state index contributed by atoms with van der Waals surface area (Å²) in [5.74, 6) is 4.79. The van der Waals surface area contributed by atoms with Gasteiger partial charge in [-0.15, -0.1) is 0 Å². The van der Waals surface area contributed by atoms with E-state index in [1.54, 1.807) is 7.11 Å². The average molecular weight is 350 g/mol. The van der Waals surface area contributed by atoms with Gasteiger partial charge in [0, 0.05) is 10.5 Å². The Morgan fingerprint density at radius 3 is 2.24 bits per heavy atom. The SMILES string of the molecule is COc1cc(Br)cc(C)c1NC1C2CC3CC(C2)CC1C3. The number of ether oxygens (including phenoxy) is 1. The first-order chi connectivity index (χ1) is 10.1. The fourth-order valence-electron chi connectivity index (χ4n) is 5.39. The van der Waals surface area contributed by atoms with E-state index in [1.165, 1.54) is 43.4 Å². The monoisotopic (exact) mass is 349 g/mol. The number of benzene rings is 1. The maximum absolute atomic E-state index is 5.61. The third-order valence-corrected chi connectivity index (χ3v) is 6.48. The molecule has 0 heterocycles. The molecule has 0 spiro atoms. The van der Waals surface area contributed by atoms with Gasteiger partial charge in [-0.25, -0.2) is 0 Å². The maximum atomic E-state index is 5.61. The Hall–Kier alpha value is -0.700. The molecule has 1 aromatic carbocycles. The Kier molecular flexibility index (Phi) is 3.44. The van der Waals surface area contributed by atoms with E-state index in [9.17, 15) is 0 Å². The second-order valence-electron chi connectivity index (χ2n) is 7.40. The summed E-state index contributed by atoms with van der Waals surface area (Å²) in [6, 6.07) is 4.92. The van der Waals surface area contributed by atoms with Crippen LogP contribution in [0.5, 0.6) is 5.75 Å². The van der Waals surface area contributed by atoms with Gasteiger partial charge in [0.2, 0.25) is 0 Å². The van der Waals surface area contributed by atoms with Gasteiger partial charge in [-0.2, -0.15) is 0 Å². The molecule has 4 aliphatic rings. The Labute approximate surface area is 135 Å². The molecule has 4 aliphatic carbocycles. The third-order valence-electron chi connectivity index (χ3n) is 6.02. The highest BCUT2D eigenvalue weighted by molar-refractivity contribution is 9.10. The summed E-state index contributed by atoms with van der Waals surface area (Å²) < 4.78 is 6.70. The van der Waals surface area contributed by atoms with E-state index in [2.05, 4.69) is 40.3 Å². The zero-order valence-electron chi connectivity index (χ0n) is 12.9. The van der Waals surface area contributed by atoms with Crippen LogP contribution in [-0.2, 0) is 0 Å². The van der Waals surface area contributed by atoms with E-state index in [0.717, 1.165) is 33.9 Å². The molecule has 21 heavy (non-hydrogen) atoms. The van der Waals surface area contributed by atoms with Gasteiger partial charge in [-0.1, -0.05) is 15.9 Å². The van der Waals surface area contributed by atoms with Crippen LogP contribution in [0.25, 0.3) is 0 Å². The molecule has 4 bridgehead atoms. The van der Waals surface area contributed by atoms with Crippen LogP contribution in [0.2, 0.25) is 0 Å². The number of aryl methyl sites for hydroxylation is 1. The first-order valence-electron chi connectivity index (χ1n) is 8.24. The summed E-state index contributed by atoms with van der Waals surface area (Å²) in [5, 5.41) is 3.89. The standard InChI is InChI=1S/C18H24BrNO/c1-10-3-15(19)9-16(21-2)17(10)20-18-13-5-11-4-12(7-13)8-14(18)6-11/h3,9,11-14,18,20H,4-8H2,1-2H3. The molecule has 114 valence electrons. The predicted molar refractivity (Wildman–Crippen MR) is 89.9 cm³/mol. The van der Waals surface area contributed by atoms with Crippen molar-refractivity contribution in [2.24, 2.45) is 23.7 Å². The summed E-state index contributed by atoms with van der Waals surface area (Å²) in [5.41, 5.74) is 2.48. The number of halogens is 1. The zero-order valence-corrected chi connectivity index (χ0v) is 14.4. The van der Waals surface area contributed by atoms with Gasteiger partial charge in [0.1, 0.15) is 5.75 Å². The Balaban J connectivity index is 1.62. The van der Waals surface area contributed by atoms with Crippen molar-refractivity contribution in [1.29, 1.82) is 0 Å². The molecule has 0 radical (unpaired) electrons. The van der Waals surface area contributed by atoms with E-state index < -0.39 is 0 Å². The molecule has 1 N–H and O–H groups in total. The maximum Gasteiger partial charge on any atom is 0.143 e. The Morgan fingerprint density at radius 2 is 1.67 bits per heavy atom. The topological polar surface area (TPSA) is 21.3 Å². The molecule has 2 nitrogen and oxygen atoms in total. The van der Waals surface area contributed by atoms with Crippen LogP contribution >= 0.6 is 15.9 Å². The smallest absolute Gasteiger partial charge is 0.143 e. The minimum Gasteiger partial charge on any atom is -0.495 e. The number of hydrogen-bond acceptors (Lipinski definition) is 2. The lowest BCUT2D eigenvalue weighted by molar-refractivity contribution is 0.00746. The summed E-state index contributed by atoms with van der Waals surface area (Å²) >= 11 is 3.57. The summed E-state index contributed by atoms with van der Waals surface area (Å²) in [6.45, 7) is 2.17. The minimum atomic E-state index is 0.659. The molecule has 3 heteroatoms. The van der Waals surface area contributed by atoms with Gasteiger partial charge < -0.3 is 10.1 Å². The van der Waals surface area contributed by atoms with Crippen LogP contribution in [0.4, 0.5) is 5.69 Å². The van der Waals surface area contributed by atoms with Crippen molar-refractivity contribution < 1.29 is 4.74 Å². The van der Waals surface area contributed by atoms with Crippen LogP contribution < -0.4 is 10.1 Å². The van der Waals surface area contributed by atoms with Crippen molar-refractivity contribution >= 4 is 21.6 Å². The summed E-state index contributed by atoms with van der Waals surface area (Å²) in [4.78, 5) is 0. The van der Waals surface area contributed by atoms with E-state index >= 15 is 0 Å². The van der Waals surface area contributed by atoms with Crippen LogP contribution in [0.3, 0.4) is 0 Å². The predicted octanol–water partition coefficient (Wildman–Crippen LogP) is 5.00. The molecule has 0 saturated heterocycles. The van der Waals surface area contributed by atoms with E-state index in [0.29, 0.717) is 6.04 Å². The highest BCUT2D eigenvalue weighted by atomic mass is 79.9. The zero-order chi connectivity index (χ0) is 14.6. The fraction of sp³-hybridized carbons (Fsp3) is 0.667. The van der Waals surface area contributed by atoms with Crippen LogP contribution in [-0.4, -0.2) is 13.2 Å². The van der Waals surface area contributed by atoms with Crippen molar-refractivity contribution in [3.8, 4) is 5.75 Å². The summed E-state index contributed by atoms with van der Waals surface area (Å²) in [6.07, 6.45) is 7.30. The Bertz CT molecular complexity index is 528. The summed E-state index contributed by atoms with van der Waals surface area (Å²) in [7, 11) is 1.77. The van der Waals surface area contributed by atoms with Gasteiger partial charge >= 0.3 is 0 Å². The average Bonchev–Trinajstić information content (AvgIpc) is 2.43. The normalized spacial score (nSPS) is 36.8. The quantitative estimate of drug-likeness (QED) is 0.828. The van der Waals surface area contributed by atoms with E-state index in [1.807, 2.05) is 0 Å². The molecule has 4 saturated carbocycles. The minimum absolute atomic E-state index is 0.659. The van der Waals surface area contributed by atoms with Crippen molar-refractivity contribution in [2.75, 3.05) is 12.4 Å². The van der Waals surface area contributed by atoms with Gasteiger partial charge in [0.05, 0.1) is 12.8 Å². The van der Waals surface area contributed by atoms with Crippen molar-refractivity contribution in [2.45, 2.75) is 45.1 Å². The van der Waals surface area contributed by atoms with E-state index in [-0.39, 0.29) is 0 Å². The highest BCUT2D eigenvalue weighted by Crippen LogP contribution is 2.54. The van der Waals surface area contributed by atoms with Gasteiger partial charge in [-0.05, 0) is 80.4 Å². The van der Waals surface area contributed by atoms with Crippen LogP contribution in [0.1, 0.15) is 37.7 Å². The first-order valence-corrected chi connectivity index (χ1v) is 9.04. The van der Waals surface area contributed by atoms with Crippen LogP contribution in [0.15, 0.2) is 16.6 Å². The molecule has 0 aromatic heterocycles.